The lowest BCUT2D eigenvalue weighted by Crippen LogP contribution is -2.63. The molecular weight excluding hydrogens is 542 g/mol. The first-order valence-corrected chi connectivity index (χ1v) is 12.9. The van der Waals surface area contributed by atoms with Crippen LogP contribution < -0.4 is 0 Å². The Morgan fingerprint density at radius 2 is 1.78 bits per heavy atom. The molecule has 2 aromatic carbocycles. The lowest BCUT2D eigenvalue weighted by atomic mass is 9.84. The number of ether oxygens (including phenoxy) is 3. The van der Waals surface area contributed by atoms with E-state index in [1.54, 1.807) is 15.7 Å². The number of carboxylic acids is 1. The highest BCUT2D eigenvalue weighted by Gasteiger charge is 2.60. The average Bonchev–Trinajstić information content (AvgIpc) is 3.52. The monoisotopic (exact) mass is 567 g/mol. The van der Waals surface area contributed by atoms with Gasteiger partial charge in [-0.25, -0.2) is 14.6 Å². The minimum Gasteiger partial charge on any atom is -0.480 e. The fourth-order valence-corrected chi connectivity index (χ4v) is 6.39. The van der Waals surface area contributed by atoms with Gasteiger partial charge in [0.15, 0.2) is 5.60 Å². The number of nitrogens with zero attached hydrogens (tertiary/aromatic N) is 3. The minimum absolute atomic E-state index is 0.00625. The smallest absolute Gasteiger partial charge is 0.409 e. The second kappa shape index (κ2) is 8.97. The number of benzene rings is 2. The molecule has 3 heterocycles. The zero-order chi connectivity index (χ0) is 25.8. The van der Waals surface area contributed by atoms with Crippen LogP contribution in [0.4, 0.5) is 4.79 Å². The standard InChI is InChI=1S/C27H26BrN3O6/c1-30-10-22(28)29-24(30)27(36-12-23(32)33)13-26(37-16-27)14-31(15-26)25(34)35-11-21-19-8-4-2-6-17(19)18-7-3-5-9-20(18)21/h2-10,21H,11-16H2,1H3,(H,32,33). The molecule has 37 heavy (non-hydrogen) atoms. The number of aryl methyl sites for hydroxylation is 1. The lowest BCUT2D eigenvalue weighted by Gasteiger charge is -2.46. The Morgan fingerprint density at radius 3 is 2.38 bits per heavy atom. The first-order valence-electron chi connectivity index (χ1n) is 12.1. The number of aromatic nitrogens is 2. The van der Waals surface area contributed by atoms with E-state index in [1.165, 1.54) is 11.1 Å². The predicted octanol–water partition coefficient (Wildman–Crippen LogP) is 3.90. The summed E-state index contributed by atoms with van der Waals surface area (Å²) in [6.45, 7) is 0.612. The largest absolute Gasteiger partial charge is 0.480 e. The molecule has 0 saturated carbocycles. The van der Waals surface area contributed by atoms with Crippen LogP contribution in [0.2, 0.25) is 0 Å². The molecule has 1 aromatic heterocycles. The second-order valence-corrected chi connectivity index (χ2v) is 10.8. The molecule has 1 amide bonds. The normalized spacial score (nSPS) is 21.5. The molecule has 9 nitrogen and oxygen atoms in total. The number of amides is 1. The molecule has 0 bridgehead atoms. The summed E-state index contributed by atoms with van der Waals surface area (Å²) < 4.78 is 20.2. The first kappa shape index (κ1) is 24.1. The van der Waals surface area contributed by atoms with Gasteiger partial charge in [0, 0.05) is 25.6 Å². The van der Waals surface area contributed by atoms with Crippen molar-refractivity contribution < 1.29 is 28.9 Å². The maximum atomic E-state index is 13.0. The summed E-state index contributed by atoms with van der Waals surface area (Å²) in [5, 5.41) is 9.23. The fourth-order valence-electron chi connectivity index (χ4n) is 5.91. The predicted molar refractivity (Wildman–Crippen MR) is 136 cm³/mol. The number of rotatable bonds is 6. The van der Waals surface area contributed by atoms with Gasteiger partial charge in [0.25, 0.3) is 0 Å². The molecule has 1 spiro atoms. The number of hydrogen-bond donors (Lipinski definition) is 1. The highest BCUT2D eigenvalue weighted by atomic mass is 79.9. The zero-order valence-electron chi connectivity index (χ0n) is 20.2. The molecule has 192 valence electrons. The molecule has 3 aromatic rings. The van der Waals surface area contributed by atoms with Crippen LogP contribution in [-0.4, -0.2) is 70.1 Å². The van der Waals surface area contributed by atoms with Crippen molar-refractivity contribution in [1.82, 2.24) is 14.5 Å². The fraction of sp³-hybridized carbons (Fsp3) is 0.370. The van der Waals surface area contributed by atoms with Gasteiger partial charge in [-0.05, 0) is 38.2 Å². The van der Waals surface area contributed by atoms with Gasteiger partial charge in [-0.1, -0.05) is 48.5 Å². The SMILES string of the molecule is Cn1cc(Br)nc1C1(OCC(=O)O)COC2(CN(C(=O)OCC3c4ccccc4-c4ccccc43)C2)C1. The van der Waals surface area contributed by atoms with Gasteiger partial charge in [-0.3, -0.25) is 0 Å². The van der Waals surface area contributed by atoms with Crippen molar-refractivity contribution >= 4 is 28.0 Å². The van der Waals surface area contributed by atoms with Crippen LogP contribution in [0.5, 0.6) is 0 Å². The third-order valence-corrected chi connectivity index (χ3v) is 7.88. The Labute approximate surface area is 222 Å². The molecule has 2 fully saturated rings. The number of halogens is 1. The van der Waals surface area contributed by atoms with E-state index in [4.69, 9.17) is 14.2 Å². The Morgan fingerprint density at radius 1 is 1.14 bits per heavy atom. The van der Waals surface area contributed by atoms with E-state index in [2.05, 4.69) is 45.2 Å². The number of carbonyl (C=O) groups is 2. The van der Waals surface area contributed by atoms with Crippen molar-refractivity contribution in [3.8, 4) is 11.1 Å². The quantitative estimate of drug-likeness (QED) is 0.481. The maximum Gasteiger partial charge on any atom is 0.409 e. The maximum absolute atomic E-state index is 13.0. The molecule has 1 N–H and O–H groups in total. The van der Waals surface area contributed by atoms with Crippen LogP contribution in [0.3, 0.4) is 0 Å². The summed E-state index contributed by atoms with van der Waals surface area (Å²) in [5.41, 5.74) is 3.03. The van der Waals surface area contributed by atoms with E-state index in [1.807, 2.05) is 31.3 Å². The number of carboxylic acid groups (broad SMARTS) is 1. The van der Waals surface area contributed by atoms with Crippen molar-refractivity contribution in [1.29, 1.82) is 0 Å². The van der Waals surface area contributed by atoms with Crippen molar-refractivity contribution in [3.05, 3.63) is 76.3 Å². The molecule has 1 unspecified atom stereocenters. The molecular formula is C27H26BrN3O6. The molecule has 3 aliphatic rings. The Kier molecular flexibility index (Phi) is 5.85. The summed E-state index contributed by atoms with van der Waals surface area (Å²) in [6.07, 6.45) is 1.79. The first-order chi connectivity index (χ1) is 17.8. The van der Waals surface area contributed by atoms with Crippen molar-refractivity contribution in [2.75, 3.05) is 32.9 Å². The van der Waals surface area contributed by atoms with Gasteiger partial charge < -0.3 is 28.8 Å². The van der Waals surface area contributed by atoms with Crippen LogP contribution >= 0.6 is 15.9 Å². The number of carbonyl (C=O) groups excluding carboxylic acids is 1. The second-order valence-electron chi connectivity index (χ2n) is 9.98. The molecule has 0 radical (unpaired) electrons. The van der Waals surface area contributed by atoms with Crippen molar-refractivity contribution in [3.63, 3.8) is 0 Å². The third-order valence-electron chi connectivity index (χ3n) is 7.50. The number of likely N-dealkylation sites (tertiary alicyclic amines) is 1. The number of hydrogen-bond acceptors (Lipinski definition) is 6. The van der Waals surface area contributed by atoms with Crippen LogP contribution in [0.1, 0.15) is 29.3 Å². The Hall–Kier alpha value is -3.21. The van der Waals surface area contributed by atoms with Gasteiger partial charge in [-0.15, -0.1) is 0 Å². The Bertz CT molecular complexity index is 1340. The summed E-state index contributed by atoms with van der Waals surface area (Å²) in [6, 6.07) is 16.4. The molecule has 1 atom stereocenters. The molecule has 2 aliphatic heterocycles. The van der Waals surface area contributed by atoms with E-state index in [-0.39, 0.29) is 25.2 Å². The molecule has 6 rings (SSSR count). The van der Waals surface area contributed by atoms with Gasteiger partial charge in [-0.2, -0.15) is 0 Å². The van der Waals surface area contributed by atoms with Crippen molar-refractivity contribution in [2.24, 2.45) is 7.05 Å². The van der Waals surface area contributed by atoms with Crippen molar-refractivity contribution in [2.45, 2.75) is 23.5 Å². The van der Waals surface area contributed by atoms with Gasteiger partial charge in [0.2, 0.25) is 0 Å². The van der Waals surface area contributed by atoms with E-state index in [9.17, 15) is 14.7 Å². The highest BCUT2D eigenvalue weighted by molar-refractivity contribution is 9.10. The van der Waals surface area contributed by atoms with Crippen LogP contribution in [-0.2, 0) is 31.7 Å². The van der Waals surface area contributed by atoms with Crippen LogP contribution in [0.15, 0.2) is 59.3 Å². The van der Waals surface area contributed by atoms with E-state index in [0.717, 1.165) is 11.1 Å². The third kappa shape index (κ3) is 4.13. The van der Waals surface area contributed by atoms with Gasteiger partial charge >= 0.3 is 12.1 Å². The van der Waals surface area contributed by atoms with E-state index in [0.29, 0.717) is 29.9 Å². The summed E-state index contributed by atoms with van der Waals surface area (Å²) in [5.74, 6) is -0.493. The molecule has 10 heteroatoms. The van der Waals surface area contributed by atoms with Crippen LogP contribution in [0, 0.1) is 0 Å². The molecule has 1 aliphatic carbocycles. The summed E-state index contributed by atoms with van der Waals surface area (Å²) in [4.78, 5) is 30.4. The summed E-state index contributed by atoms with van der Waals surface area (Å²) in [7, 11) is 1.83. The van der Waals surface area contributed by atoms with E-state index < -0.39 is 23.8 Å². The van der Waals surface area contributed by atoms with E-state index >= 15 is 0 Å². The van der Waals surface area contributed by atoms with Crippen LogP contribution in [0.25, 0.3) is 11.1 Å². The highest BCUT2D eigenvalue weighted by Crippen LogP contribution is 2.48. The lowest BCUT2D eigenvalue weighted by molar-refractivity contribution is -0.151. The topological polar surface area (TPSA) is 103 Å². The number of fused-ring (bicyclic) bond motifs is 3. The van der Waals surface area contributed by atoms with Gasteiger partial charge in [0.1, 0.15) is 29.2 Å². The number of imidazole rings is 1. The Balaban J connectivity index is 1.12. The minimum atomic E-state index is -1.07. The zero-order valence-corrected chi connectivity index (χ0v) is 21.8. The molecule has 2 saturated heterocycles. The van der Waals surface area contributed by atoms with Gasteiger partial charge in [0.05, 0.1) is 19.7 Å². The summed E-state index contributed by atoms with van der Waals surface area (Å²) >= 11 is 3.37. The average molecular weight is 568 g/mol. The number of aliphatic carboxylic acids is 1.